The van der Waals surface area contributed by atoms with Crippen LogP contribution in [0.2, 0.25) is 5.02 Å². The van der Waals surface area contributed by atoms with E-state index in [9.17, 15) is 4.79 Å². The van der Waals surface area contributed by atoms with Crippen LogP contribution in [-0.4, -0.2) is 44.9 Å². The number of imidazole rings is 1. The number of rotatable bonds is 4. The van der Waals surface area contributed by atoms with Crippen molar-refractivity contribution in [2.75, 3.05) is 19.7 Å². The monoisotopic (exact) mass is 432 g/mol. The van der Waals surface area contributed by atoms with Crippen molar-refractivity contribution >= 4 is 23.2 Å². The van der Waals surface area contributed by atoms with Gasteiger partial charge in [0.2, 0.25) is 5.91 Å². The van der Waals surface area contributed by atoms with Gasteiger partial charge in [0.1, 0.15) is 11.8 Å². The first-order valence-electron chi connectivity index (χ1n) is 10.2. The second-order valence-electron chi connectivity index (χ2n) is 7.53. The number of nitrogens with zero attached hydrogens (tertiary/aromatic N) is 4. The molecule has 1 aromatic carbocycles. The number of hydrogen-bond donors (Lipinski definition) is 0. The smallest absolute Gasteiger partial charge is 0.227 e. The second-order valence-corrected chi connectivity index (χ2v) is 7.96. The van der Waals surface area contributed by atoms with Crippen LogP contribution in [0.5, 0.6) is 0 Å². The van der Waals surface area contributed by atoms with Gasteiger partial charge >= 0.3 is 0 Å². The van der Waals surface area contributed by atoms with Crippen molar-refractivity contribution in [2.45, 2.75) is 12.5 Å². The highest BCUT2D eigenvalue weighted by atomic mass is 35.5. The molecule has 0 spiro atoms. The third-order valence-corrected chi connectivity index (χ3v) is 5.67. The molecule has 5 rings (SSSR count). The van der Waals surface area contributed by atoms with Crippen LogP contribution >= 0.6 is 11.6 Å². The first kappa shape index (κ1) is 19.7. The number of fused-ring (bicyclic) bond motifs is 1. The molecule has 0 aliphatic carbocycles. The van der Waals surface area contributed by atoms with E-state index in [0.717, 1.165) is 28.3 Å². The lowest BCUT2D eigenvalue weighted by atomic mass is 10.1. The molecule has 1 atom stereocenters. The van der Waals surface area contributed by atoms with Crippen molar-refractivity contribution in [3.63, 3.8) is 0 Å². The number of ether oxygens (including phenoxy) is 1. The molecule has 1 fully saturated rings. The maximum absolute atomic E-state index is 12.8. The van der Waals surface area contributed by atoms with Gasteiger partial charge in [-0.3, -0.25) is 9.20 Å². The first-order chi connectivity index (χ1) is 15.2. The van der Waals surface area contributed by atoms with E-state index in [-0.39, 0.29) is 12.0 Å². The molecule has 0 N–H and O–H groups in total. The number of aromatic nitrogens is 3. The Labute approximate surface area is 185 Å². The molecule has 156 valence electrons. The molecule has 0 unspecified atom stereocenters. The van der Waals surface area contributed by atoms with Gasteiger partial charge in [-0.15, -0.1) is 0 Å². The fourth-order valence-corrected chi connectivity index (χ4v) is 4.02. The van der Waals surface area contributed by atoms with Gasteiger partial charge in [0.15, 0.2) is 0 Å². The molecule has 1 saturated heterocycles. The minimum absolute atomic E-state index is 0.104. The lowest BCUT2D eigenvalue weighted by molar-refractivity contribution is -0.138. The maximum Gasteiger partial charge on any atom is 0.227 e. The third kappa shape index (κ3) is 4.17. The number of halogens is 1. The number of benzene rings is 1. The highest BCUT2D eigenvalue weighted by Crippen LogP contribution is 2.26. The van der Waals surface area contributed by atoms with Crippen molar-refractivity contribution in [1.82, 2.24) is 19.3 Å². The van der Waals surface area contributed by atoms with E-state index in [2.05, 4.69) is 4.98 Å². The number of carbonyl (C=O) groups excluding carboxylic acids is 1. The van der Waals surface area contributed by atoms with Gasteiger partial charge in [-0.25, -0.2) is 9.97 Å². The molecule has 0 bridgehead atoms. The summed E-state index contributed by atoms with van der Waals surface area (Å²) in [6.07, 6.45) is 3.74. The predicted octanol–water partition coefficient (Wildman–Crippen LogP) is 4.19. The van der Waals surface area contributed by atoms with Crippen molar-refractivity contribution in [1.29, 1.82) is 0 Å². The number of pyridine rings is 2. The number of carbonyl (C=O) groups is 1. The third-order valence-electron chi connectivity index (χ3n) is 5.45. The molecule has 7 heteroatoms. The van der Waals surface area contributed by atoms with E-state index in [1.54, 1.807) is 6.20 Å². The van der Waals surface area contributed by atoms with Gasteiger partial charge in [-0.1, -0.05) is 48.0 Å². The Morgan fingerprint density at radius 1 is 1.10 bits per heavy atom. The van der Waals surface area contributed by atoms with Gasteiger partial charge in [0.05, 0.1) is 47.9 Å². The van der Waals surface area contributed by atoms with Crippen LogP contribution in [0.25, 0.3) is 17.0 Å². The molecule has 6 nitrogen and oxygen atoms in total. The second kappa shape index (κ2) is 8.49. The fourth-order valence-electron chi connectivity index (χ4n) is 3.85. The first-order valence-corrected chi connectivity index (χ1v) is 10.6. The highest BCUT2D eigenvalue weighted by Gasteiger charge is 2.26. The Kier molecular flexibility index (Phi) is 5.40. The summed E-state index contributed by atoms with van der Waals surface area (Å²) in [5.74, 6) is 0.104. The van der Waals surface area contributed by atoms with E-state index < -0.39 is 0 Å². The summed E-state index contributed by atoms with van der Waals surface area (Å²) >= 11 is 6.17. The van der Waals surface area contributed by atoms with E-state index in [1.807, 2.05) is 76.2 Å². The molecular formula is C24H21ClN4O2. The van der Waals surface area contributed by atoms with Crippen LogP contribution in [0.4, 0.5) is 0 Å². The zero-order valence-electron chi connectivity index (χ0n) is 16.8. The van der Waals surface area contributed by atoms with Gasteiger partial charge in [0, 0.05) is 12.7 Å². The zero-order valence-corrected chi connectivity index (χ0v) is 17.6. The van der Waals surface area contributed by atoms with E-state index >= 15 is 0 Å². The SMILES string of the molecule is O=C(Cc1ccccc1)N1CCO[C@@H](c2cccc(-c3cnc4ccc(Cl)cn34)n2)C1. The van der Waals surface area contributed by atoms with Crippen molar-refractivity contribution < 1.29 is 9.53 Å². The van der Waals surface area contributed by atoms with Gasteiger partial charge in [0.25, 0.3) is 0 Å². The number of morpholine rings is 1. The summed E-state index contributed by atoms with van der Waals surface area (Å²) in [6.45, 7) is 1.57. The standard InChI is InChI=1S/C24H21ClN4O2/c25-18-9-10-23-26-14-21(29(23)15-18)19-7-4-8-20(27-19)22-16-28(11-12-31-22)24(30)13-17-5-2-1-3-6-17/h1-10,14-15,22H,11-13,16H2/t22-/m1/s1. The minimum atomic E-state index is -0.267. The number of amides is 1. The average Bonchev–Trinajstić information content (AvgIpc) is 3.23. The Morgan fingerprint density at radius 3 is 2.84 bits per heavy atom. The molecule has 4 aromatic rings. The molecule has 1 aliphatic rings. The zero-order chi connectivity index (χ0) is 21.2. The van der Waals surface area contributed by atoms with Crippen molar-refractivity contribution in [3.05, 3.63) is 89.3 Å². The lowest BCUT2D eigenvalue weighted by Crippen LogP contribution is -2.43. The quantitative estimate of drug-likeness (QED) is 0.485. The van der Waals surface area contributed by atoms with E-state index in [1.165, 1.54) is 0 Å². The van der Waals surface area contributed by atoms with Gasteiger partial charge in [-0.2, -0.15) is 0 Å². The van der Waals surface area contributed by atoms with Crippen LogP contribution in [0.3, 0.4) is 0 Å². The van der Waals surface area contributed by atoms with Crippen LogP contribution in [0.15, 0.2) is 73.1 Å². The molecule has 3 aromatic heterocycles. The Bertz CT molecular complexity index is 1220. The number of hydrogen-bond acceptors (Lipinski definition) is 4. The largest absolute Gasteiger partial charge is 0.368 e. The Hall–Kier alpha value is -3.22. The topological polar surface area (TPSA) is 59.7 Å². The Balaban J connectivity index is 1.36. The lowest BCUT2D eigenvalue weighted by Gasteiger charge is -2.33. The molecule has 0 saturated carbocycles. The van der Waals surface area contributed by atoms with Crippen LogP contribution in [-0.2, 0) is 16.0 Å². The summed E-state index contributed by atoms with van der Waals surface area (Å²) in [4.78, 5) is 23.9. The van der Waals surface area contributed by atoms with Crippen molar-refractivity contribution in [3.8, 4) is 11.4 Å². The van der Waals surface area contributed by atoms with E-state index in [0.29, 0.717) is 31.1 Å². The van der Waals surface area contributed by atoms with Crippen LogP contribution < -0.4 is 0 Å². The predicted molar refractivity (Wildman–Crippen MR) is 119 cm³/mol. The highest BCUT2D eigenvalue weighted by molar-refractivity contribution is 6.30. The molecule has 4 heterocycles. The average molecular weight is 433 g/mol. The molecule has 31 heavy (non-hydrogen) atoms. The summed E-state index contributed by atoms with van der Waals surface area (Å²) in [5.41, 5.74) is 4.25. The van der Waals surface area contributed by atoms with Crippen LogP contribution in [0.1, 0.15) is 17.4 Å². The normalized spacial score (nSPS) is 16.5. The molecule has 1 amide bonds. The molecule has 0 radical (unpaired) electrons. The van der Waals surface area contributed by atoms with Gasteiger partial charge < -0.3 is 9.64 Å². The molecule has 1 aliphatic heterocycles. The van der Waals surface area contributed by atoms with Crippen LogP contribution in [0, 0.1) is 0 Å². The van der Waals surface area contributed by atoms with Crippen molar-refractivity contribution in [2.24, 2.45) is 0 Å². The minimum Gasteiger partial charge on any atom is -0.368 e. The Morgan fingerprint density at radius 2 is 1.97 bits per heavy atom. The molecular weight excluding hydrogens is 412 g/mol. The summed E-state index contributed by atoms with van der Waals surface area (Å²) in [6, 6.07) is 19.3. The summed E-state index contributed by atoms with van der Waals surface area (Å²) in [7, 11) is 0. The van der Waals surface area contributed by atoms with Gasteiger partial charge in [-0.05, 0) is 29.8 Å². The van der Waals surface area contributed by atoms with E-state index in [4.69, 9.17) is 21.3 Å². The summed E-state index contributed by atoms with van der Waals surface area (Å²) in [5, 5.41) is 0.631. The maximum atomic E-state index is 12.8. The fraction of sp³-hybridized carbons (Fsp3) is 0.208. The summed E-state index contributed by atoms with van der Waals surface area (Å²) < 4.78 is 7.90.